The van der Waals surface area contributed by atoms with Crippen LogP contribution in [0.1, 0.15) is 25.7 Å². The van der Waals surface area contributed by atoms with Crippen LogP contribution >= 0.6 is 22.9 Å². The summed E-state index contributed by atoms with van der Waals surface area (Å²) in [5.74, 6) is -0.820. The van der Waals surface area contributed by atoms with Gasteiger partial charge in [0.05, 0.1) is 29.1 Å². The molecule has 0 spiro atoms. The molecule has 4 rings (SSSR count). The first-order chi connectivity index (χ1) is 14.0. The van der Waals surface area contributed by atoms with Crippen LogP contribution in [0.15, 0.2) is 54.7 Å². The van der Waals surface area contributed by atoms with E-state index in [1.165, 1.54) is 24.5 Å². The molecule has 4 aromatic rings. The summed E-state index contributed by atoms with van der Waals surface area (Å²) in [6.45, 7) is 1.86. The molecule has 0 radical (unpaired) electrons. The molecule has 2 aromatic heterocycles. The van der Waals surface area contributed by atoms with Crippen LogP contribution in [0, 0.1) is 6.92 Å². The Balaban J connectivity index is 1.63. The predicted molar refractivity (Wildman–Crippen MR) is 114 cm³/mol. The van der Waals surface area contributed by atoms with E-state index in [2.05, 4.69) is 10.3 Å². The largest absolute Gasteiger partial charge is 0.465 e. The Labute approximate surface area is 175 Å². The van der Waals surface area contributed by atoms with Crippen LogP contribution in [-0.2, 0) is 4.74 Å². The molecule has 0 aliphatic rings. The zero-order valence-corrected chi connectivity index (χ0v) is 17.2. The first kappa shape index (κ1) is 19.2. The standard InChI is InChI=1S/C21H16ClN3O3S/c1-12-18(19(26)23-16-10-14(20(27)28-2)8-9-15(16)22)29-21-24-17(11-25(12)21)13-6-4-3-5-7-13/h3-11H,1-2H3,(H,23,26). The maximum absolute atomic E-state index is 12.8. The summed E-state index contributed by atoms with van der Waals surface area (Å²) in [6, 6.07) is 14.4. The molecule has 0 atom stereocenters. The number of amides is 1. The Hall–Kier alpha value is -3.16. The Morgan fingerprint density at radius 3 is 2.62 bits per heavy atom. The minimum absolute atomic E-state index is 0.303. The number of hydrogen-bond acceptors (Lipinski definition) is 5. The van der Waals surface area contributed by atoms with Gasteiger partial charge in [-0.15, -0.1) is 0 Å². The van der Waals surface area contributed by atoms with Gasteiger partial charge in [0.1, 0.15) is 4.88 Å². The van der Waals surface area contributed by atoms with Gasteiger partial charge in [-0.1, -0.05) is 53.3 Å². The molecule has 29 heavy (non-hydrogen) atoms. The van der Waals surface area contributed by atoms with Crippen LogP contribution in [0.3, 0.4) is 0 Å². The van der Waals surface area contributed by atoms with Crippen LogP contribution in [0.4, 0.5) is 5.69 Å². The van der Waals surface area contributed by atoms with Crippen LogP contribution in [0.2, 0.25) is 5.02 Å². The first-order valence-corrected chi connectivity index (χ1v) is 9.90. The summed E-state index contributed by atoms with van der Waals surface area (Å²) in [4.78, 5) is 30.5. The number of fused-ring (bicyclic) bond motifs is 1. The highest BCUT2D eigenvalue weighted by Gasteiger charge is 2.19. The number of esters is 1. The highest BCUT2D eigenvalue weighted by Crippen LogP contribution is 2.29. The van der Waals surface area contributed by atoms with Crippen molar-refractivity contribution in [3.63, 3.8) is 0 Å². The van der Waals surface area contributed by atoms with Gasteiger partial charge in [-0.05, 0) is 25.1 Å². The van der Waals surface area contributed by atoms with Crippen LogP contribution in [0.25, 0.3) is 16.2 Å². The fourth-order valence-electron chi connectivity index (χ4n) is 2.95. The van der Waals surface area contributed by atoms with Crippen molar-refractivity contribution < 1.29 is 14.3 Å². The molecule has 6 nitrogen and oxygen atoms in total. The summed E-state index contributed by atoms with van der Waals surface area (Å²) >= 11 is 7.47. The number of carbonyl (C=O) groups excluding carboxylic acids is 2. The fourth-order valence-corrected chi connectivity index (χ4v) is 4.12. The van der Waals surface area contributed by atoms with E-state index in [-0.39, 0.29) is 5.91 Å². The van der Waals surface area contributed by atoms with Crippen LogP contribution < -0.4 is 5.32 Å². The minimum Gasteiger partial charge on any atom is -0.465 e. The number of nitrogens with zero attached hydrogens (tertiary/aromatic N) is 2. The fraction of sp³-hybridized carbons (Fsp3) is 0.0952. The quantitative estimate of drug-likeness (QED) is 0.463. The van der Waals surface area contributed by atoms with Crippen molar-refractivity contribution in [3.05, 3.63) is 75.9 Å². The SMILES string of the molecule is COC(=O)c1ccc(Cl)c(NC(=O)c2sc3nc(-c4ccccc4)cn3c2C)c1. The number of halogens is 1. The van der Waals surface area contributed by atoms with Crippen molar-refractivity contribution >= 4 is 45.5 Å². The summed E-state index contributed by atoms with van der Waals surface area (Å²) in [5, 5.41) is 3.10. The zero-order chi connectivity index (χ0) is 20.5. The number of rotatable bonds is 4. The average molecular weight is 426 g/mol. The monoisotopic (exact) mass is 425 g/mol. The van der Waals surface area contributed by atoms with Crippen molar-refractivity contribution in [2.75, 3.05) is 12.4 Å². The number of imidazole rings is 1. The Morgan fingerprint density at radius 1 is 1.17 bits per heavy atom. The van der Waals surface area contributed by atoms with Gasteiger partial charge in [-0.25, -0.2) is 9.78 Å². The lowest BCUT2D eigenvalue weighted by molar-refractivity contribution is 0.0600. The molecule has 0 saturated carbocycles. The number of carbonyl (C=O) groups is 2. The zero-order valence-electron chi connectivity index (χ0n) is 15.6. The Bertz CT molecular complexity index is 1230. The molecule has 0 unspecified atom stereocenters. The molecule has 0 aliphatic carbocycles. The number of ether oxygens (including phenoxy) is 1. The van der Waals surface area contributed by atoms with E-state index in [1.807, 2.05) is 47.9 Å². The van der Waals surface area contributed by atoms with Gasteiger partial charge in [0.15, 0.2) is 4.96 Å². The molecular weight excluding hydrogens is 410 g/mol. The van der Waals surface area contributed by atoms with E-state index < -0.39 is 5.97 Å². The number of nitrogens with one attached hydrogen (secondary N) is 1. The van der Waals surface area contributed by atoms with Crippen LogP contribution in [-0.4, -0.2) is 28.4 Å². The molecule has 2 heterocycles. The summed E-state index contributed by atoms with van der Waals surface area (Å²) in [5.41, 5.74) is 3.28. The van der Waals surface area contributed by atoms with Gasteiger partial charge >= 0.3 is 5.97 Å². The molecule has 0 bridgehead atoms. The van der Waals surface area contributed by atoms with Gasteiger partial charge < -0.3 is 10.1 Å². The minimum atomic E-state index is -0.503. The molecular formula is C21H16ClN3O3S. The van der Waals surface area contributed by atoms with Gasteiger partial charge in [0, 0.05) is 17.5 Å². The molecule has 2 aromatic carbocycles. The highest BCUT2D eigenvalue weighted by molar-refractivity contribution is 7.19. The first-order valence-electron chi connectivity index (χ1n) is 8.71. The van der Waals surface area contributed by atoms with Crippen molar-refractivity contribution in [2.45, 2.75) is 6.92 Å². The maximum atomic E-state index is 12.8. The molecule has 1 amide bonds. The third kappa shape index (κ3) is 3.62. The van der Waals surface area contributed by atoms with E-state index >= 15 is 0 Å². The van der Waals surface area contributed by atoms with Gasteiger partial charge in [0.25, 0.3) is 5.91 Å². The van der Waals surface area contributed by atoms with E-state index in [1.54, 1.807) is 12.1 Å². The second-order valence-electron chi connectivity index (χ2n) is 6.30. The Kier molecular flexibility index (Phi) is 5.08. The molecule has 0 fully saturated rings. The molecule has 1 N–H and O–H groups in total. The van der Waals surface area contributed by atoms with E-state index in [4.69, 9.17) is 16.3 Å². The van der Waals surface area contributed by atoms with Crippen molar-refractivity contribution in [2.24, 2.45) is 0 Å². The smallest absolute Gasteiger partial charge is 0.337 e. The molecule has 8 heteroatoms. The molecule has 0 aliphatic heterocycles. The average Bonchev–Trinajstić information content (AvgIpc) is 3.29. The van der Waals surface area contributed by atoms with E-state index in [9.17, 15) is 9.59 Å². The third-order valence-corrected chi connectivity index (χ3v) is 5.95. The number of aromatic nitrogens is 2. The van der Waals surface area contributed by atoms with Crippen molar-refractivity contribution in [1.29, 1.82) is 0 Å². The van der Waals surface area contributed by atoms with Gasteiger partial charge in [0.2, 0.25) is 0 Å². The Morgan fingerprint density at radius 2 is 1.93 bits per heavy atom. The molecule has 0 saturated heterocycles. The number of anilines is 1. The van der Waals surface area contributed by atoms with Gasteiger partial charge in [-0.3, -0.25) is 9.20 Å². The summed E-state index contributed by atoms with van der Waals surface area (Å²) < 4.78 is 6.61. The van der Waals surface area contributed by atoms with E-state index in [0.717, 1.165) is 21.9 Å². The predicted octanol–water partition coefficient (Wildman–Crippen LogP) is 5.06. The summed E-state index contributed by atoms with van der Waals surface area (Å²) in [7, 11) is 1.30. The number of benzene rings is 2. The highest BCUT2D eigenvalue weighted by atomic mass is 35.5. The lowest BCUT2D eigenvalue weighted by atomic mass is 10.2. The number of aryl methyl sites for hydroxylation is 1. The van der Waals surface area contributed by atoms with Crippen LogP contribution in [0.5, 0.6) is 0 Å². The molecule has 146 valence electrons. The third-order valence-electron chi connectivity index (χ3n) is 4.47. The maximum Gasteiger partial charge on any atom is 0.337 e. The lowest BCUT2D eigenvalue weighted by Crippen LogP contribution is -2.13. The number of hydrogen-bond donors (Lipinski definition) is 1. The van der Waals surface area contributed by atoms with Gasteiger partial charge in [-0.2, -0.15) is 0 Å². The number of thiazole rings is 1. The topological polar surface area (TPSA) is 72.7 Å². The normalized spacial score (nSPS) is 10.9. The lowest BCUT2D eigenvalue weighted by Gasteiger charge is -2.08. The van der Waals surface area contributed by atoms with Crippen molar-refractivity contribution in [3.8, 4) is 11.3 Å². The van der Waals surface area contributed by atoms with Crippen molar-refractivity contribution in [1.82, 2.24) is 9.38 Å². The van der Waals surface area contributed by atoms with E-state index in [0.29, 0.717) is 21.2 Å². The number of methoxy groups -OCH3 is 1. The second-order valence-corrected chi connectivity index (χ2v) is 7.69. The summed E-state index contributed by atoms with van der Waals surface area (Å²) in [6.07, 6.45) is 1.91. The second kappa shape index (κ2) is 7.69.